The molecular formula is C8H10N3+. The van der Waals surface area contributed by atoms with Gasteiger partial charge in [-0.15, -0.1) is 0 Å². The van der Waals surface area contributed by atoms with Crippen LogP contribution in [0.25, 0.3) is 5.65 Å². The zero-order valence-electron chi connectivity index (χ0n) is 6.65. The van der Waals surface area contributed by atoms with Gasteiger partial charge in [-0.2, -0.15) is 0 Å². The second-order valence-corrected chi connectivity index (χ2v) is 2.72. The summed E-state index contributed by atoms with van der Waals surface area (Å²) >= 11 is 0. The Kier molecular flexibility index (Phi) is 1.18. The van der Waals surface area contributed by atoms with Gasteiger partial charge in [-0.05, 0) is 6.92 Å². The monoisotopic (exact) mass is 148 g/mol. The van der Waals surface area contributed by atoms with Crippen molar-refractivity contribution in [2.45, 2.75) is 6.92 Å². The van der Waals surface area contributed by atoms with Gasteiger partial charge in [0.15, 0.2) is 6.20 Å². The quantitative estimate of drug-likeness (QED) is 0.497. The highest BCUT2D eigenvalue weighted by Crippen LogP contribution is 1.99. The van der Waals surface area contributed by atoms with Crippen LogP contribution in [-0.4, -0.2) is 9.38 Å². The van der Waals surface area contributed by atoms with Gasteiger partial charge in [0.2, 0.25) is 11.8 Å². The van der Waals surface area contributed by atoms with Crippen molar-refractivity contribution in [3.05, 3.63) is 30.5 Å². The standard InChI is InChI=1S/C8H10N3/c1-7-5-10(2)6-8-9-3-4-11(7)8/h3-6H,1-2H3/q+1. The Hall–Kier alpha value is -1.38. The largest absolute Gasteiger partial charge is 0.293 e. The average molecular weight is 148 g/mol. The zero-order valence-corrected chi connectivity index (χ0v) is 6.65. The lowest BCUT2D eigenvalue weighted by atomic mass is 10.5. The Morgan fingerprint density at radius 1 is 1.45 bits per heavy atom. The van der Waals surface area contributed by atoms with Crippen LogP contribution >= 0.6 is 0 Å². The molecule has 3 nitrogen and oxygen atoms in total. The summed E-state index contributed by atoms with van der Waals surface area (Å²) in [7, 11) is 2.00. The highest BCUT2D eigenvalue weighted by molar-refractivity contribution is 5.33. The molecule has 3 heteroatoms. The normalized spacial score (nSPS) is 10.7. The van der Waals surface area contributed by atoms with Crippen LogP contribution < -0.4 is 4.57 Å². The van der Waals surface area contributed by atoms with Crippen LogP contribution in [0.3, 0.4) is 0 Å². The van der Waals surface area contributed by atoms with Crippen molar-refractivity contribution in [3.63, 3.8) is 0 Å². The number of nitrogens with zero attached hydrogens (tertiary/aromatic N) is 3. The molecule has 0 unspecified atom stereocenters. The number of aromatic nitrogens is 3. The van der Waals surface area contributed by atoms with Gasteiger partial charge >= 0.3 is 0 Å². The SMILES string of the molecule is Cc1c[n+](C)cc2nccn12. The van der Waals surface area contributed by atoms with Gasteiger partial charge in [0, 0.05) is 12.4 Å². The van der Waals surface area contributed by atoms with E-state index in [4.69, 9.17) is 0 Å². The second-order valence-electron chi connectivity index (χ2n) is 2.72. The maximum Gasteiger partial charge on any atom is 0.212 e. The number of hydrogen-bond donors (Lipinski definition) is 0. The molecule has 2 heterocycles. The number of imidazole rings is 1. The molecule has 0 aliphatic rings. The fourth-order valence-electron chi connectivity index (χ4n) is 1.29. The first kappa shape index (κ1) is 6.34. The third-order valence-corrected chi connectivity index (χ3v) is 1.76. The minimum absolute atomic E-state index is 0.993. The van der Waals surface area contributed by atoms with Gasteiger partial charge in [-0.25, -0.2) is 9.55 Å². The van der Waals surface area contributed by atoms with Crippen molar-refractivity contribution in [3.8, 4) is 0 Å². The smallest absolute Gasteiger partial charge is 0.212 e. The highest BCUT2D eigenvalue weighted by Gasteiger charge is 2.01. The van der Waals surface area contributed by atoms with E-state index in [1.807, 2.05) is 30.2 Å². The summed E-state index contributed by atoms with van der Waals surface area (Å²) < 4.78 is 4.07. The molecule has 0 saturated carbocycles. The fraction of sp³-hybridized carbons (Fsp3) is 0.250. The summed E-state index contributed by atoms with van der Waals surface area (Å²) in [6.07, 6.45) is 7.83. The lowest BCUT2D eigenvalue weighted by Gasteiger charge is -1.95. The molecule has 0 aliphatic heterocycles. The van der Waals surface area contributed by atoms with Gasteiger partial charge in [0.25, 0.3) is 0 Å². The summed E-state index contributed by atoms with van der Waals surface area (Å²) in [6, 6.07) is 0. The Morgan fingerprint density at radius 2 is 2.27 bits per heavy atom. The molecular weight excluding hydrogens is 138 g/mol. The molecule has 0 saturated heterocycles. The molecule has 0 radical (unpaired) electrons. The van der Waals surface area contributed by atoms with E-state index in [9.17, 15) is 0 Å². The van der Waals surface area contributed by atoms with Crippen LogP contribution in [0.15, 0.2) is 24.8 Å². The van der Waals surface area contributed by atoms with Crippen molar-refractivity contribution in [1.82, 2.24) is 9.38 Å². The summed E-state index contributed by atoms with van der Waals surface area (Å²) in [4.78, 5) is 4.18. The van der Waals surface area contributed by atoms with Crippen LogP contribution in [0.1, 0.15) is 5.69 Å². The predicted octanol–water partition coefficient (Wildman–Crippen LogP) is 0.467. The van der Waals surface area contributed by atoms with Crippen LogP contribution in [0.4, 0.5) is 0 Å². The van der Waals surface area contributed by atoms with Gasteiger partial charge in [0.05, 0.1) is 5.69 Å². The van der Waals surface area contributed by atoms with Crippen molar-refractivity contribution in [2.75, 3.05) is 0 Å². The van der Waals surface area contributed by atoms with E-state index in [1.165, 1.54) is 5.69 Å². The lowest BCUT2D eigenvalue weighted by Crippen LogP contribution is -2.28. The fourth-order valence-corrected chi connectivity index (χ4v) is 1.29. The molecule has 2 aromatic rings. The van der Waals surface area contributed by atoms with E-state index < -0.39 is 0 Å². The van der Waals surface area contributed by atoms with Crippen LogP contribution in [0, 0.1) is 6.92 Å². The number of hydrogen-bond acceptors (Lipinski definition) is 1. The van der Waals surface area contributed by atoms with E-state index in [-0.39, 0.29) is 0 Å². The minimum atomic E-state index is 0.993. The zero-order chi connectivity index (χ0) is 7.84. The first-order valence-corrected chi connectivity index (χ1v) is 3.56. The third-order valence-electron chi connectivity index (χ3n) is 1.76. The minimum Gasteiger partial charge on any atom is -0.293 e. The predicted molar refractivity (Wildman–Crippen MR) is 41.1 cm³/mol. The molecule has 0 aliphatic carbocycles. The first-order chi connectivity index (χ1) is 5.27. The van der Waals surface area contributed by atoms with Crippen molar-refractivity contribution < 1.29 is 4.57 Å². The lowest BCUT2D eigenvalue weighted by molar-refractivity contribution is -0.671. The molecule has 0 bridgehead atoms. The highest BCUT2D eigenvalue weighted by atomic mass is 15.0. The van der Waals surface area contributed by atoms with E-state index in [2.05, 4.69) is 22.5 Å². The molecule has 0 amide bonds. The van der Waals surface area contributed by atoms with Gasteiger partial charge in [-0.1, -0.05) is 0 Å². The molecule has 0 spiro atoms. The van der Waals surface area contributed by atoms with E-state index in [0.29, 0.717) is 0 Å². The number of fused-ring (bicyclic) bond motifs is 1. The van der Waals surface area contributed by atoms with Gasteiger partial charge in [0.1, 0.15) is 7.05 Å². The molecule has 0 aromatic carbocycles. The van der Waals surface area contributed by atoms with Crippen molar-refractivity contribution >= 4 is 5.65 Å². The molecule has 11 heavy (non-hydrogen) atoms. The third kappa shape index (κ3) is 0.888. The summed E-state index contributed by atoms with van der Waals surface area (Å²) in [5, 5.41) is 0. The van der Waals surface area contributed by atoms with E-state index >= 15 is 0 Å². The maximum absolute atomic E-state index is 4.18. The van der Waals surface area contributed by atoms with Gasteiger partial charge < -0.3 is 0 Å². The molecule has 2 rings (SSSR count). The van der Waals surface area contributed by atoms with Crippen molar-refractivity contribution in [2.24, 2.45) is 7.05 Å². The average Bonchev–Trinajstić information content (AvgIpc) is 2.34. The second kappa shape index (κ2) is 2.05. The summed E-state index contributed by atoms with van der Waals surface area (Å²) in [6.45, 7) is 2.06. The first-order valence-electron chi connectivity index (χ1n) is 3.56. The van der Waals surface area contributed by atoms with E-state index in [1.54, 1.807) is 0 Å². The van der Waals surface area contributed by atoms with Crippen molar-refractivity contribution in [1.29, 1.82) is 0 Å². The van der Waals surface area contributed by atoms with Gasteiger partial charge in [-0.3, -0.25) is 4.40 Å². The Morgan fingerprint density at radius 3 is 3.09 bits per heavy atom. The van der Waals surface area contributed by atoms with Crippen LogP contribution in [0.5, 0.6) is 0 Å². The Balaban J connectivity index is 2.91. The Labute approximate surface area is 64.9 Å². The number of rotatable bonds is 0. The molecule has 0 fully saturated rings. The topological polar surface area (TPSA) is 21.2 Å². The molecule has 2 aromatic heterocycles. The maximum atomic E-state index is 4.18. The Bertz CT molecular complexity index is 389. The summed E-state index contributed by atoms with van der Waals surface area (Å²) in [5.74, 6) is 0. The van der Waals surface area contributed by atoms with Crippen LogP contribution in [0.2, 0.25) is 0 Å². The van der Waals surface area contributed by atoms with E-state index in [0.717, 1.165) is 5.65 Å². The molecule has 56 valence electrons. The molecule has 0 N–H and O–H groups in total. The number of aryl methyl sites for hydroxylation is 2. The van der Waals surface area contributed by atoms with Crippen LogP contribution in [-0.2, 0) is 7.05 Å². The molecule has 0 atom stereocenters. The summed E-state index contributed by atoms with van der Waals surface area (Å²) in [5.41, 5.74) is 2.19.